The zero-order chi connectivity index (χ0) is 29.3. The van der Waals surface area contributed by atoms with Gasteiger partial charge in [0, 0.05) is 56.5 Å². The molecule has 4 aromatic rings. The minimum absolute atomic E-state index is 0.0224. The minimum atomic E-state index is -0.328. The Balaban J connectivity index is 1.09. The lowest BCUT2D eigenvalue weighted by atomic mass is 9.72. The highest BCUT2D eigenvalue weighted by atomic mass is 32.1. The van der Waals surface area contributed by atoms with Crippen LogP contribution < -0.4 is 9.80 Å². The molecule has 8 rings (SSSR count). The van der Waals surface area contributed by atoms with E-state index in [4.69, 9.17) is 19.7 Å². The summed E-state index contributed by atoms with van der Waals surface area (Å²) < 4.78 is 19.0. The number of rotatable bonds is 5. The van der Waals surface area contributed by atoms with E-state index in [0.717, 1.165) is 80.1 Å². The van der Waals surface area contributed by atoms with Crippen LogP contribution in [0.3, 0.4) is 0 Å². The average molecular weight is 596 g/mol. The van der Waals surface area contributed by atoms with Gasteiger partial charge in [-0.25, -0.2) is 14.4 Å². The number of aromatic nitrogens is 3. The molecule has 0 unspecified atom stereocenters. The molecule has 1 amide bonds. The fourth-order valence-electron chi connectivity index (χ4n) is 7.10. The summed E-state index contributed by atoms with van der Waals surface area (Å²) in [6, 6.07) is 12.5. The predicted molar refractivity (Wildman–Crippen MR) is 162 cm³/mol. The van der Waals surface area contributed by atoms with Crippen molar-refractivity contribution in [1.29, 1.82) is 5.26 Å². The van der Waals surface area contributed by atoms with E-state index in [0.29, 0.717) is 34.5 Å². The number of fused-ring (bicyclic) bond motifs is 2. The van der Waals surface area contributed by atoms with E-state index in [-0.39, 0.29) is 23.1 Å². The summed E-state index contributed by atoms with van der Waals surface area (Å²) in [6.07, 6.45) is 3.70. The van der Waals surface area contributed by atoms with Crippen LogP contribution >= 0.6 is 11.3 Å². The van der Waals surface area contributed by atoms with Gasteiger partial charge < -0.3 is 19.4 Å². The number of pyridine rings is 2. The summed E-state index contributed by atoms with van der Waals surface area (Å²) in [7, 11) is 1.98. The lowest BCUT2D eigenvalue weighted by molar-refractivity contribution is -0.149. The van der Waals surface area contributed by atoms with Crippen molar-refractivity contribution in [3.8, 4) is 17.3 Å². The van der Waals surface area contributed by atoms with Gasteiger partial charge in [-0.15, -0.1) is 0 Å². The number of nitrogens with zero attached hydrogens (tertiary/aromatic N) is 7. The number of anilines is 3. The number of nitriles is 1. The lowest BCUT2D eigenvalue weighted by Gasteiger charge is -2.60. The van der Waals surface area contributed by atoms with E-state index in [2.05, 4.69) is 23.1 Å². The van der Waals surface area contributed by atoms with E-state index in [9.17, 15) is 14.4 Å². The van der Waals surface area contributed by atoms with Gasteiger partial charge in [0.1, 0.15) is 33.8 Å². The van der Waals surface area contributed by atoms with Crippen molar-refractivity contribution < 1.29 is 13.9 Å². The topological polar surface area (TPSA) is 98.5 Å². The highest BCUT2D eigenvalue weighted by Crippen LogP contribution is 2.45. The number of ether oxygens (including phenoxy) is 1. The number of carbonyl (C=O) groups excluding carboxylic acids is 1. The Hall–Kier alpha value is -4.14. The van der Waals surface area contributed by atoms with Crippen molar-refractivity contribution in [2.24, 2.45) is 11.3 Å². The number of hydrogen-bond donors (Lipinski definition) is 0. The summed E-state index contributed by atoms with van der Waals surface area (Å²) in [4.78, 5) is 34.6. The Bertz CT molecular complexity index is 1800. The zero-order valence-electron chi connectivity index (χ0n) is 23.8. The van der Waals surface area contributed by atoms with Crippen LogP contribution in [0.1, 0.15) is 29.0 Å². The maximum absolute atomic E-state index is 13.6. The van der Waals surface area contributed by atoms with Gasteiger partial charge in [0.05, 0.1) is 23.7 Å². The molecule has 0 saturated carbocycles. The summed E-state index contributed by atoms with van der Waals surface area (Å²) in [5.74, 6) is 0.841. The molecule has 3 aromatic heterocycles. The van der Waals surface area contributed by atoms with Gasteiger partial charge in [0.2, 0.25) is 5.91 Å². The molecule has 3 fully saturated rings. The molecular formula is C32H30FN7O2S. The second-order valence-corrected chi connectivity index (χ2v) is 13.2. The van der Waals surface area contributed by atoms with Crippen molar-refractivity contribution >= 4 is 44.9 Å². The van der Waals surface area contributed by atoms with Gasteiger partial charge in [-0.1, -0.05) is 11.3 Å². The molecule has 1 atom stereocenters. The van der Waals surface area contributed by atoms with Crippen molar-refractivity contribution in [2.45, 2.75) is 25.7 Å². The number of amides is 1. The van der Waals surface area contributed by atoms with Crippen LogP contribution in [0.25, 0.3) is 22.3 Å². The second kappa shape index (κ2) is 9.96. The molecular weight excluding hydrogens is 565 g/mol. The molecule has 4 aliphatic rings. The van der Waals surface area contributed by atoms with Crippen LogP contribution in [-0.2, 0) is 22.4 Å². The smallest absolute Gasteiger partial charge is 0.228 e. The van der Waals surface area contributed by atoms with Gasteiger partial charge in [-0.3, -0.25) is 9.78 Å². The number of carbonyl (C=O) groups is 1. The monoisotopic (exact) mass is 595 g/mol. The molecule has 3 aliphatic heterocycles. The molecule has 3 saturated heterocycles. The molecule has 0 N–H and O–H groups in total. The average Bonchev–Trinajstić information content (AvgIpc) is 3.75. The van der Waals surface area contributed by atoms with Crippen molar-refractivity contribution in [2.75, 3.05) is 56.2 Å². The third-order valence-corrected chi connectivity index (χ3v) is 10.3. The molecule has 43 heavy (non-hydrogen) atoms. The number of benzene rings is 1. The first kappa shape index (κ1) is 26.5. The van der Waals surface area contributed by atoms with Crippen LogP contribution in [0, 0.1) is 28.5 Å². The largest absolute Gasteiger partial charge is 0.381 e. The molecule has 9 nitrogen and oxygen atoms in total. The summed E-state index contributed by atoms with van der Waals surface area (Å²) >= 11 is 1.32. The molecule has 1 aliphatic carbocycles. The molecule has 11 heteroatoms. The first-order valence-electron chi connectivity index (χ1n) is 14.8. The Kier molecular flexibility index (Phi) is 6.14. The van der Waals surface area contributed by atoms with Gasteiger partial charge in [0.15, 0.2) is 5.13 Å². The number of likely N-dealkylation sites (tertiary alicyclic amines) is 1. The maximum Gasteiger partial charge on any atom is 0.228 e. The molecule has 0 bridgehead atoms. The van der Waals surface area contributed by atoms with Gasteiger partial charge in [0.25, 0.3) is 0 Å². The summed E-state index contributed by atoms with van der Waals surface area (Å²) in [5.41, 5.74) is 6.33. The fourth-order valence-corrected chi connectivity index (χ4v) is 7.95. The molecule has 6 heterocycles. The van der Waals surface area contributed by atoms with E-state index in [1.54, 1.807) is 12.1 Å². The minimum Gasteiger partial charge on any atom is -0.381 e. The van der Waals surface area contributed by atoms with Crippen molar-refractivity contribution in [1.82, 2.24) is 19.9 Å². The van der Waals surface area contributed by atoms with Crippen LogP contribution in [-0.4, -0.2) is 72.2 Å². The Morgan fingerprint density at radius 2 is 1.93 bits per heavy atom. The van der Waals surface area contributed by atoms with E-state index >= 15 is 0 Å². The van der Waals surface area contributed by atoms with E-state index < -0.39 is 0 Å². The Morgan fingerprint density at radius 3 is 2.67 bits per heavy atom. The standard InChI is InChI=1S/C32H30FN7O2S/c1-38(31-37-27(25(13-34)43-31)19-5-7-21(33)8-6-19)29-22-3-2-4-23(22)35-24-9-10-26(36-28(24)29)39-15-32(16-39)17-40(18-32)30(41)20-11-12-42-14-20/h5-10,20H,2-4,11-12,14-18H2,1H3/t20-/m1/s1. The van der Waals surface area contributed by atoms with Gasteiger partial charge in [-0.05, 0) is 67.6 Å². The van der Waals surface area contributed by atoms with Crippen LogP contribution in [0.15, 0.2) is 36.4 Å². The van der Waals surface area contributed by atoms with Crippen LogP contribution in [0.4, 0.5) is 21.0 Å². The Morgan fingerprint density at radius 1 is 1.12 bits per heavy atom. The van der Waals surface area contributed by atoms with E-state index in [1.807, 2.05) is 16.8 Å². The third-order valence-electron chi connectivity index (χ3n) is 9.29. The van der Waals surface area contributed by atoms with Crippen molar-refractivity contribution in [3.63, 3.8) is 0 Å². The number of hydrogen-bond acceptors (Lipinski definition) is 9. The normalized spacial score (nSPS) is 20.2. The third kappa shape index (κ3) is 4.34. The zero-order valence-corrected chi connectivity index (χ0v) is 24.7. The first-order valence-corrected chi connectivity index (χ1v) is 15.6. The van der Waals surface area contributed by atoms with Crippen LogP contribution in [0.2, 0.25) is 0 Å². The van der Waals surface area contributed by atoms with Gasteiger partial charge in [-0.2, -0.15) is 5.26 Å². The number of aryl methyl sites for hydroxylation is 1. The quantitative estimate of drug-likeness (QED) is 0.327. The van der Waals surface area contributed by atoms with E-state index in [1.165, 1.54) is 29.0 Å². The SMILES string of the molecule is CN(c1nc(-c2ccc(F)cc2)c(C#N)s1)c1c2c(nc3ccc(N4CC5(CN(C(=O)[C@@H]6CCOC6)C5)C4)nc13)CCC2. The molecule has 218 valence electrons. The molecule has 1 aromatic carbocycles. The van der Waals surface area contributed by atoms with Crippen LogP contribution in [0.5, 0.6) is 0 Å². The van der Waals surface area contributed by atoms with Crippen molar-refractivity contribution in [3.05, 3.63) is 58.3 Å². The highest BCUT2D eigenvalue weighted by Gasteiger charge is 2.54. The maximum atomic E-state index is 13.6. The lowest BCUT2D eigenvalue weighted by Crippen LogP contribution is -2.73. The number of halogens is 1. The second-order valence-electron chi connectivity index (χ2n) is 12.2. The van der Waals surface area contributed by atoms with Gasteiger partial charge >= 0.3 is 0 Å². The summed E-state index contributed by atoms with van der Waals surface area (Å²) in [6.45, 7) is 4.59. The first-order chi connectivity index (χ1) is 20.9. The molecule has 0 radical (unpaired) electrons. The predicted octanol–water partition coefficient (Wildman–Crippen LogP) is 4.71. The fraction of sp³-hybridized carbons (Fsp3) is 0.406. The molecule has 1 spiro atoms. The summed E-state index contributed by atoms with van der Waals surface area (Å²) in [5, 5.41) is 10.6. The number of thiazole rings is 1. The Labute approximate surface area is 252 Å². The highest BCUT2D eigenvalue weighted by molar-refractivity contribution is 7.16.